The van der Waals surface area contributed by atoms with Crippen LogP contribution in [0.3, 0.4) is 0 Å². The van der Waals surface area contributed by atoms with Crippen LogP contribution in [0.4, 0.5) is 16.2 Å². The average molecular weight is 314 g/mol. The average Bonchev–Trinajstić information content (AvgIpc) is 3.07. The second-order valence-electron chi connectivity index (χ2n) is 6.76. The summed E-state index contributed by atoms with van der Waals surface area (Å²) < 4.78 is 5.28. The van der Waals surface area contributed by atoms with Gasteiger partial charge in [0.05, 0.1) is 17.9 Å². The summed E-state index contributed by atoms with van der Waals surface area (Å²) in [6.45, 7) is 5.55. The Morgan fingerprint density at radius 1 is 1.35 bits per heavy atom. The second-order valence-corrected chi connectivity index (χ2v) is 6.76. The van der Waals surface area contributed by atoms with Gasteiger partial charge in [-0.2, -0.15) is 5.10 Å². The van der Waals surface area contributed by atoms with E-state index in [1.54, 1.807) is 6.20 Å². The predicted octanol–water partition coefficient (Wildman–Crippen LogP) is 3.86. The van der Waals surface area contributed by atoms with Crippen LogP contribution in [0, 0.1) is 0 Å². The first kappa shape index (κ1) is 15.4. The maximum atomic E-state index is 11.8. The molecule has 1 heterocycles. The highest BCUT2D eigenvalue weighted by Gasteiger charge is 2.23. The Bertz CT molecular complexity index is 689. The summed E-state index contributed by atoms with van der Waals surface area (Å²) in [6.07, 6.45) is 5.20. The van der Waals surface area contributed by atoms with Gasteiger partial charge in [0.15, 0.2) is 0 Å². The fraction of sp³-hybridized carbons (Fsp3) is 0.412. The van der Waals surface area contributed by atoms with E-state index in [0.29, 0.717) is 0 Å². The molecule has 2 aromatic rings. The van der Waals surface area contributed by atoms with Crippen molar-refractivity contribution in [2.75, 3.05) is 10.6 Å². The van der Waals surface area contributed by atoms with Gasteiger partial charge >= 0.3 is 6.09 Å². The van der Waals surface area contributed by atoms with Crippen LogP contribution in [0.15, 0.2) is 30.6 Å². The first-order chi connectivity index (χ1) is 10.9. The lowest BCUT2D eigenvalue weighted by atomic mass is 10.1. The molecule has 3 N–H and O–H groups in total. The number of hydrogen-bond acceptors (Lipinski definition) is 4. The van der Waals surface area contributed by atoms with E-state index in [1.165, 1.54) is 11.1 Å². The minimum Gasteiger partial charge on any atom is -0.444 e. The molecule has 1 aliphatic rings. The number of carbonyl (C=O) groups excluding carboxylic acids is 1. The summed E-state index contributed by atoms with van der Waals surface area (Å²) in [5.74, 6) is 0. The standard InChI is InChI=1S/C17H22N4O2/c1-17(2,3)23-16(22)21-12-5-6-14-11(8-12)4-7-15(14)20-13-9-18-19-10-13/h5-6,8-10,15,20H,4,7H2,1-3H3,(H,18,19)(H,21,22). The molecule has 0 saturated carbocycles. The van der Waals surface area contributed by atoms with Gasteiger partial charge in [0, 0.05) is 11.9 Å². The van der Waals surface area contributed by atoms with E-state index in [-0.39, 0.29) is 6.04 Å². The third-order valence-corrected chi connectivity index (χ3v) is 3.71. The van der Waals surface area contributed by atoms with Crippen molar-refractivity contribution in [3.63, 3.8) is 0 Å². The van der Waals surface area contributed by atoms with Gasteiger partial charge in [0.1, 0.15) is 5.60 Å². The fourth-order valence-corrected chi connectivity index (χ4v) is 2.80. The highest BCUT2D eigenvalue weighted by atomic mass is 16.6. The van der Waals surface area contributed by atoms with Crippen molar-refractivity contribution in [3.05, 3.63) is 41.7 Å². The van der Waals surface area contributed by atoms with Gasteiger partial charge in [-0.05, 0) is 56.9 Å². The van der Waals surface area contributed by atoms with E-state index < -0.39 is 11.7 Å². The number of amides is 1. The molecule has 0 radical (unpaired) electrons. The van der Waals surface area contributed by atoms with E-state index in [0.717, 1.165) is 24.2 Å². The Hall–Kier alpha value is -2.50. The van der Waals surface area contributed by atoms with E-state index in [4.69, 9.17) is 4.74 Å². The normalized spacial score (nSPS) is 16.7. The number of nitrogens with zero attached hydrogens (tertiary/aromatic N) is 1. The Morgan fingerprint density at radius 3 is 2.87 bits per heavy atom. The Balaban J connectivity index is 1.68. The maximum absolute atomic E-state index is 11.8. The van der Waals surface area contributed by atoms with E-state index in [1.807, 2.05) is 39.1 Å². The largest absolute Gasteiger partial charge is 0.444 e. The van der Waals surface area contributed by atoms with Crippen LogP contribution < -0.4 is 10.6 Å². The number of ether oxygens (including phenoxy) is 1. The lowest BCUT2D eigenvalue weighted by Gasteiger charge is -2.20. The van der Waals surface area contributed by atoms with Crippen molar-refractivity contribution in [3.8, 4) is 0 Å². The molecule has 1 unspecified atom stereocenters. The highest BCUT2D eigenvalue weighted by molar-refractivity contribution is 5.85. The third kappa shape index (κ3) is 3.83. The number of benzene rings is 1. The van der Waals surface area contributed by atoms with Crippen LogP contribution in [0.1, 0.15) is 44.4 Å². The molecule has 6 nitrogen and oxygen atoms in total. The number of carbonyl (C=O) groups is 1. The number of hydrogen-bond donors (Lipinski definition) is 3. The molecule has 1 aliphatic carbocycles. The zero-order valence-electron chi connectivity index (χ0n) is 13.6. The monoisotopic (exact) mass is 314 g/mol. The van der Waals surface area contributed by atoms with Crippen LogP contribution in [0.2, 0.25) is 0 Å². The molecule has 0 fully saturated rings. The lowest BCUT2D eigenvalue weighted by molar-refractivity contribution is 0.0636. The van der Waals surface area contributed by atoms with Crippen molar-refractivity contribution in [2.45, 2.75) is 45.3 Å². The van der Waals surface area contributed by atoms with Crippen molar-refractivity contribution in [1.29, 1.82) is 0 Å². The number of H-pyrrole nitrogens is 1. The fourth-order valence-electron chi connectivity index (χ4n) is 2.80. The molecule has 0 saturated heterocycles. The number of aryl methyl sites for hydroxylation is 1. The molecule has 0 spiro atoms. The third-order valence-electron chi connectivity index (χ3n) is 3.71. The molecule has 0 aliphatic heterocycles. The van der Waals surface area contributed by atoms with E-state index in [2.05, 4.69) is 26.9 Å². The van der Waals surface area contributed by atoms with Crippen molar-refractivity contribution in [1.82, 2.24) is 10.2 Å². The first-order valence-corrected chi connectivity index (χ1v) is 7.79. The van der Waals surface area contributed by atoms with Gasteiger partial charge < -0.3 is 10.1 Å². The molecule has 1 aromatic carbocycles. The summed E-state index contributed by atoms with van der Waals surface area (Å²) in [5.41, 5.74) is 3.77. The van der Waals surface area contributed by atoms with Crippen LogP contribution in [-0.2, 0) is 11.2 Å². The molecule has 0 bridgehead atoms. The number of fused-ring (bicyclic) bond motifs is 1. The number of rotatable bonds is 3. The smallest absolute Gasteiger partial charge is 0.412 e. The van der Waals surface area contributed by atoms with Gasteiger partial charge in [0.2, 0.25) is 0 Å². The first-order valence-electron chi connectivity index (χ1n) is 7.79. The summed E-state index contributed by atoms with van der Waals surface area (Å²) in [6, 6.07) is 6.28. The topological polar surface area (TPSA) is 79.0 Å². The number of anilines is 2. The van der Waals surface area contributed by atoms with Gasteiger partial charge in [-0.3, -0.25) is 10.4 Å². The van der Waals surface area contributed by atoms with Crippen LogP contribution in [-0.4, -0.2) is 21.9 Å². The zero-order valence-corrected chi connectivity index (χ0v) is 13.6. The van der Waals surface area contributed by atoms with Crippen molar-refractivity contribution >= 4 is 17.5 Å². The molecule has 122 valence electrons. The molecule has 1 aromatic heterocycles. The molecule has 1 atom stereocenters. The summed E-state index contributed by atoms with van der Waals surface area (Å²) >= 11 is 0. The van der Waals surface area contributed by atoms with Crippen LogP contribution in [0.25, 0.3) is 0 Å². The Labute approximate surface area is 135 Å². The number of nitrogens with one attached hydrogen (secondary N) is 3. The van der Waals surface area contributed by atoms with Crippen molar-refractivity contribution < 1.29 is 9.53 Å². The van der Waals surface area contributed by atoms with Gasteiger partial charge in [-0.25, -0.2) is 4.79 Å². The van der Waals surface area contributed by atoms with Gasteiger partial charge in [-0.15, -0.1) is 0 Å². The Kier molecular flexibility index (Phi) is 3.98. The van der Waals surface area contributed by atoms with Crippen molar-refractivity contribution in [2.24, 2.45) is 0 Å². The van der Waals surface area contributed by atoms with E-state index >= 15 is 0 Å². The molecule has 23 heavy (non-hydrogen) atoms. The molecular weight excluding hydrogens is 292 g/mol. The molecular formula is C17H22N4O2. The number of aromatic nitrogens is 2. The minimum absolute atomic E-state index is 0.276. The number of aromatic amines is 1. The molecule has 3 rings (SSSR count). The Morgan fingerprint density at radius 2 is 2.17 bits per heavy atom. The highest BCUT2D eigenvalue weighted by Crippen LogP contribution is 2.35. The summed E-state index contributed by atoms with van der Waals surface area (Å²) in [5, 5.41) is 13.0. The maximum Gasteiger partial charge on any atom is 0.412 e. The quantitative estimate of drug-likeness (QED) is 0.804. The second kappa shape index (κ2) is 5.95. The zero-order chi connectivity index (χ0) is 16.4. The molecule has 1 amide bonds. The van der Waals surface area contributed by atoms with Crippen LogP contribution in [0.5, 0.6) is 0 Å². The summed E-state index contributed by atoms with van der Waals surface area (Å²) in [4.78, 5) is 11.8. The van der Waals surface area contributed by atoms with E-state index in [9.17, 15) is 4.79 Å². The lowest BCUT2D eigenvalue weighted by Crippen LogP contribution is -2.27. The van der Waals surface area contributed by atoms with Gasteiger partial charge in [0.25, 0.3) is 0 Å². The van der Waals surface area contributed by atoms with Gasteiger partial charge in [-0.1, -0.05) is 6.07 Å². The SMILES string of the molecule is CC(C)(C)OC(=O)Nc1ccc2c(c1)CCC2Nc1cn[nH]c1. The molecule has 6 heteroatoms. The summed E-state index contributed by atoms with van der Waals surface area (Å²) in [7, 11) is 0. The predicted molar refractivity (Wildman–Crippen MR) is 89.6 cm³/mol. The minimum atomic E-state index is -0.500. The van der Waals surface area contributed by atoms with Crippen LogP contribution >= 0.6 is 0 Å².